The summed E-state index contributed by atoms with van der Waals surface area (Å²) in [5.41, 5.74) is 0.782. The lowest BCUT2D eigenvalue weighted by Gasteiger charge is -2.42. The van der Waals surface area contributed by atoms with Gasteiger partial charge >= 0.3 is 7.60 Å². The van der Waals surface area contributed by atoms with Gasteiger partial charge in [-0.1, -0.05) is 12.2 Å². The Balaban J connectivity index is 2.13. The van der Waals surface area contributed by atoms with Gasteiger partial charge in [0, 0.05) is 11.5 Å². The van der Waals surface area contributed by atoms with Crippen LogP contribution in [0.3, 0.4) is 0 Å². The zero-order valence-corrected chi connectivity index (χ0v) is 12.6. The molecule has 108 valence electrons. The van der Waals surface area contributed by atoms with Gasteiger partial charge in [-0.15, -0.1) is 0 Å². The van der Waals surface area contributed by atoms with Crippen LogP contribution >= 0.6 is 7.60 Å². The molecule has 2 bridgehead atoms. The van der Waals surface area contributed by atoms with Crippen molar-refractivity contribution < 1.29 is 18.5 Å². The highest BCUT2D eigenvalue weighted by molar-refractivity contribution is 7.57. The SMILES string of the molecule is CCOP(=O)(/C=C(\C)N1OC2C=CC1CC2)OCC. The number of hydrogen-bond acceptors (Lipinski definition) is 5. The maximum atomic E-state index is 12.5. The Morgan fingerprint density at radius 2 is 2.05 bits per heavy atom. The smallest absolute Gasteiger partial charge is 0.306 e. The Kier molecular flexibility index (Phi) is 4.85. The number of nitrogens with zero attached hydrogens (tertiary/aromatic N) is 1. The fourth-order valence-corrected chi connectivity index (χ4v) is 3.90. The summed E-state index contributed by atoms with van der Waals surface area (Å²) in [4.78, 5) is 5.80. The van der Waals surface area contributed by atoms with Gasteiger partial charge in [0.15, 0.2) is 0 Å². The Morgan fingerprint density at radius 3 is 2.47 bits per heavy atom. The number of rotatable bonds is 6. The molecule has 3 aliphatic rings. The van der Waals surface area contributed by atoms with E-state index in [1.165, 1.54) is 0 Å². The standard InChI is InChI=1S/C13H22NO4P/c1-4-16-19(15,17-5-2)10-11(3)14-12-6-8-13(18-14)9-7-12/h6,8,10,12-13H,4-5,7,9H2,1-3H3/b11-10+. The number of allylic oxidation sites excluding steroid dienone is 1. The van der Waals surface area contributed by atoms with Crippen LogP contribution in [-0.4, -0.2) is 30.4 Å². The van der Waals surface area contributed by atoms with E-state index in [2.05, 4.69) is 12.2 Å². The highest BCUT2D eigenvalue weighted by Crippen LogP contribution is 2.51. The zero-order chi connectivity index (χ0) is 13.9. The summed E-state index contributed by atoms with van der Waals surface area (Å²) in [5, 5.41) is 1.82. The molecule has 2 atom stereocenters. The first kappa shape index (κ1) is 14.8. The Labute approximate surface area is 114 Å². The van der Waals surface area contributed by atoms with Crippen LogP contribution in [0.25, 0.3) is 0 Å². The molecule has 2 unspecified atom stereocenters. The summed E-state index contributed by atoms with van der Waals surface area (Å²) in [6.45, 7) is 6.19. The van der Waals surface area contributed by atoms with Gasteiger partial charge in [0.25, 0.3) is 0 Å². The van der Waals surface area contributed by atoms with Crippen molar-refractivity contribution in [3.63, 3.8) is 0 Å². The first-order valence-corrected chi connectivity index (χ1v) is 8.41. The molecule has 0 spiro atoms. The highest BCUT2D eigenvalue weighted by Gasteiger charge is 2.32. The number of fused-ring (bicyclic) bond motifs is 2. The fraction of sp³-hybridized carbons (Fsp3) is 0.692. The molecule has 2 aliphatic heterocycles. The third-order valence-electron chi connectivity index (χ3n) is 3.16. The molecule has 6 heteroatoms. The van der Waals surface area contributed by atoms with Crippen LogP contribution < -0.4 is 0 Å². The van der Waals surface area contributed by atoms with E-state index in [4.69, 9.17) is 13.9 Å². The van der Waals surface area contributed by atoms with Gasteiger partial charge in [-0.05, 0) is 33.6 Å². The molecule has 1 saturated heterocycles. The van der Waals surface area contributed by atoms with Crippen molar-refractivity contribution in [2.75, 3.05) is 13.2 Å². The van der Waals surface area contributed by atoms with Gasteiger partial charge in [0.1, 0.15) is 6.10 Å². The van der Waals surface area contributed by atoms with Crippen molar-refractivity contribution >= 4 is 7.60 Å². The van der Waals surface area contributed by atoms with Crippen molar-refractivity contribution in [1.82, 2.24) is 5.06 Å². The molecule has 0 saturated carbocycles. The fourth-order valence-electron chi connectivity index (χ4n) is 2.39. The zero-order valence-electron chi connectivity index (χ0n) is 11.7. The molecular formula is C13H22NO4P. The predicted molar refractivity (Wildman–Crippen MR) is 73.5 cm³/mol. The van der Waals surface area contributed by atoms with Gasteiger partial charge < -0.3 is 9.05 Å². The molecule has 0 amide bonds. The maximum Gasteiger partial charge on any atom is 0.355 e. The molecule has 0 N–H and O–H groups in total. The minimum Gasteiger partial charge on any atom is -0.306 e. The number of hydroxylamine groups is 2. The predicted octanol–water partition coefficient (Wildman–Crippen LogP) is 3.45. The Morgan fingerprint density at radius 1 is 1.37 bits per heavy atom. The van der Waals surface area contributed by atoms with Gasteiger partial charge in [-0.25, -0.2) is 0 Å². The van der Waals surface area contributed by atoms with Crippen molar-refractivity contribution in [3.05, 3.63) is 23.7 Å². The van der Waals surface area contributed by atoms with E-state index in [0.717, 1.165) is 18.5 Å². The third kappa shape index (κ3) is 3.48. The van der Waals surface area contributed by atoms with E-state index in [0.29, 0.717) is 13.2 Å². The molecule has 0 aromatic rings. The van der Waals surface area contributed by atoms with E-state index >= 15 is 0 Å². The van der Waals surface area contributed by atoms with Crippen molar-refractivity contribution in [1.29, 1.82) is 0 Å². The molecule has 19 heavy (non-hydrogen) atoms. The molecule has 1 fully saturated rings. The topological polar surface area (TPSA) is 48.0 Å². The summed E-state index contributed by atoms with van der Waals surface area (Å²) >= 11 is 0. The van der Waals surface area contributed by atoms with E-state index in [-0.39, 0.29) is 12.1 Å². The molecule has 0 aromatic heterocycles. The lowest BCUT2D eigenvalue weighted by atomic mass is 9.98. The summed E-state index contributed by atoms with van der Waals surface area (Å²) in [5.74, 6) is 1.56. The van der Waals surface area contributed by atoms with Crippen LogP contribution in [0, 0.1) is 0 Å². The molecule has 5 nitrogen and oxygen atoms in total. The first-order valence-electron chi connectivity index (χ1n) is 6.80. The van der Waals surface area contributed by atoms with Gasteiger partial charge in [0.05, 0.1) is 19.3 Å². The Bertz CT molecular complexity index is 411. The Hall–Kier alpha value is -0.610. The monoisotopic (exact) mass is 287 g/mol. The largest absolute Gasteiger partial charge is 0.355 e. The summed E-state index contributed by atoms with van der Waals surface area (Å²) < 4.78 is 23.0. The molecular weight excluding hydrogens is 265 g/mol. The molecule has 2 heterocycles. The summed E-state index contributed by atoms with van der Waals surface area (Å²) in [7, 11) is -3.17. The second kappa shape index (κ2) is 6.23. The van der Waals surface area contributed by atoms with E-state index < -0.39 is 7.60 Å². The maximum absolute atomic E-state index is 12.5. The van der Waals surface area contributed by atoms with E-state index in [1.807, 2.05) is 12.0 Å². The van der Waals surface area contributed by atoms with Crippen molar-refractivity contribution in [2.45, 2.75) is 45.8 Å². The quantitative estimate of drug-likeness (QED) is 0.553. The van der Waals surface area contributed by atoms with Crippen molar-refractivity contribution in [2.24, 2.45) is 0 Å². The van der Waals surface area contributed by atoms with Crippen LogP contribution in [0.5, 0.6) is 0 Å². The van der Waals surface area contributed by atoms with Crippen LogP contribution in [0.15, 0.2) is 23.7 Å². The second-order valence-corrected chi connectivity index (χ2v) is 6.50. The first-order chi connectivity index (χ1) is 9.08. The molecule has 3 rings (SSSR count). The van der Waals surface area contributed by atoms with Crippen LogP contribution in [-0.2, 0) is 18.5 Å². The second-order valence-electron chi connectivity index (χ2n) is 4.65. The lowest BCUT2D eigenvalue weighted by Crippen LogP contribution is -2.44. The van der Waals surface area contributed by atoms with E-state index in [9.17, 15) is 4.57 Å². The minimum absolute atomic E-state index is 0.131. The van der Waals surface area contributed by atoms with Gasteiger partial charge in [0.2, 0.25) is 0 Å². The number of hydrogen-bond donors (Lipinski definition) is 0. The van der Waals surface area contributed by atoms with E-state index in [1.54, 1.807) is 19.7 Å². The van der Waals surface area contributed by atoms with Gasteiger partial charge in [-0.2, -0.15) is 0 Å². The van der Waals surface area contributed by atoms with Crippen LogP contribution in [0.2, 0.25) is 0 Å². The van der Waals surface area contributed by atoms with Crippen molar-refractivity contribution in [3.8, 4) is 0 Å². The van der Waals surface area contributed by atoms with Gasteiger partial charge in [-0.3, -0.25) is 14.5 Å². The lowest BCUT2D eigenvalue weighted by molar-refractivity contribution is -0.209. The average Bonchev–Trinajstić information content (AvgIpc) is 2.40. The summed E-state index contributed by atoms with van der Waals surface area (Å²) in [6, 6.07) is 0.220. The summed E-state index contributed by atoms with van der Waals surface area (Å²) in [6.07, 6.45) is 6.45. The molecule has 0 radical (unpaired) electrons. The minimum atomic E-state index is -3.17. The third-order valence-corrected chi connectivity index (χ3v) is 5.08. The molecule has 1 aliphatic carbocycles. The normalized spacial score (nSPS) is 27.1. The van der Waals surface area contributed by atoms with Crippen LogP contribution in [0.1, 0.15) is 33.6 Å². The highest BCUT2D eigenvalue weighted by atomic mass is 31.2. The van der Waals surface area contributed by atoms with Crippen LogP contribution in [0.4, 0.5) is 0 Å². The molecule has 0 aromatic carbocycles. The average molecular weight is 287 g/mol.